The molecule has 1 saturated carbocycles. The molecule has 0 heterocycles. The molecule has 3 nitrogen and oxygen atoms in total. The second kappa shape index (κ2) is 6.50. The summed E-state index contributed by atoms with van der Waals surface area (Å²) in [7, 11) is 0. The van der Waals surface area contributed by atoms with Crippen molar-refractivity contribution in [1.82, 2.24) is 0 Å². The van der Waals surface area contributed by atoms with Crippen molar-refractivity contribution in [2.75, 3.05) is 0 Å². The molecule has 5 aliphatic carbocycles. The lowest BCUT2D eigenvalue weighted by atomic mass is 9.56. The average Bonchev–Trinajstić information content (AvgIpc) is 2.85. The highest BCUT2D eigenvalue weighted by Gasteiger charge is 2.54. The van der Waals surface area contributed by atoms with Crippen molar-refractivity contribution in [3.63, 3.8) is 0 Å². The molecule has 0 spiro atoms. The van der Waals surface area contributed by atoms with Gasteiger partial charge in [0.05, 0.1) is 5.60 Å². The van der Waals surface area contributed by atoms with Crippen LogP contribution in [-0.2, 0) is 9.59 Å². The van der Waals surface area contributed by atoms with Crippen LogP contribution in [0.2, 0.25) is 0 Å². The Hall–Kier alpha value is -2.00. The first kappa shape index (κ1) is 19.0. The van der Waals surface area contributed by atoms with E-state index in [1.54, 1.807) is 13.0 Å². The third-order valence-corrected chi connectivity index (χ3v) is 8.10. The number of carbonyl (C=O) groups is 2. The number of ketones is 2. The van der Waals surface area contributed by atoms with Crippen LogP contribution in [0.25, 0.3) is 0 Å². The van der Waals surface area contributed by atoms with Crippen LogP contribution in [0.5, 0.6) is 0 Å². The van der Waals surface area contributed by atoms with Gasteiger partial charge in [-0.15, -0.1) is 0 Å². The molecule has 1 N–H and O–H groups in total. The van der Waals surface area contributed by atoms with E-state index in [9.17, 15) is 14.7 Å². The molecule has 0 saturated heterocycles. The maximum Gasteiger partial charge on any atom is 0.139 e. The highest BCUT2D eigenvalue weighted by atomic mass is 16.3. The minimum absolute atomic E-state index is 0.279. The van der Waals surface area contributed by atoms with Crippen LogP contribution in [0.4, 0.5) is 0 Å². The first-order chi connectivity index (χ1) is 13.8. The summed E-state index contributed by atoms with van der Waals surface area (Å²) in [5, 5.41) is 10.4. The molecule has 1 fully saturated rings. The Labute approximate surface area is 173 Å². The fraction of sp³-hybridized carbons (Fsp3) is 0.538. The second-order valence-electron chi connectivity index (χ2n) is 10.0. The van der Waals surface area contributed by atoms with Crippen molar-refractivity contribution in [2.45, 2.75) is 70.8 Å². The molecule has 0 aromatic rings. The summed E-state index contributed by atoms with van der Waals surface area (Å²) in [5.41, 5.74) is 5.38. The fourth-order valence-corrected chi connectivity index (χ4v) is 6.55. The number of allylic oxidation sites excluding steroid dienone is 8. The van der Waals surface area contributed by atoms with E-state index in [0.29, 0.717) is 42.7 Å². The summed E-state index contributed by atoms with van der Waals surface area (Å²) in [4.78, 5) is 25.1. The standard InChI is InChI=1S/C26H30O3/c1-25(29)12-3-4-16(11-13-25)21-15-26(2)22(9-10-23(26)28)20-7-5-17-14-18(27)6-8-19(17)24(20)21/h3-4,11-13,20,22,29H,5-10,14-15H2,1-2H3. The minimum atomic E-state index is -0.957. The Morgan fingerprint density at radius 3 is 2.66 bits per heavy atom. The van der Waals surface area contributed by atoms with Crippen molar-refractivity contribution >= 4 is 11.6 Å². The van der Waals surface area contributed by atoms with E-state index in [2.05, 4.69) is 13.0 Å². The van der Waals surface area contributed by atoms with E-state index in [1.807, 2.05) is 18.2 Å². The summed E-state index contributed by atoms with van der Waals surface area (Å²) in [6.07, 6.45) is 16.4. The Kier molecular flexibility index (Phi) is 4.26. The molecule has 0 aromatic heterocycles. The lowest BCUT2D eigenvalue weighted by molar-refractivity contribution is -0.127. The molecule has 5 rings (SSSR count). The van der Waals surface area contributed by atoms with Crippen molar-refractivity contribution in [3.05, 3.63) is 58.2 Å². The predicted octanol–water partition coefficient (Wildman–Crippen LogP) is 4.94. The van der Waals surface area contributed by atoms with E-state index in [0.717, 1.165) is 37.7 Å². The fourth-order valence-electron chi connectivity index (χ4n) is 6.55. The van der Waals surface area contributed by atoms with Crippen molar-refractivity contribution in [1.29, 1.82) is 0 Å². The summed E-state index contributed by atoms with van der Waals surface area (Å²) < 4.78 is 0. The molecule has 4 unspecified atom stereocenters. The van der Waals surface area contributed by atoms with Gasteiger partial charge in [0.1, 0.15) is 11.6 Å². The van der Waals surface area contributed by atoms with Gasteiger partial charge in [0, 0.05) is 24.7 Å². The molecule has 0 radical (unpaired) electrons. The van der Waals surface area contributed by atoms with Gasteiger partial charge in [-0.1, -0.05) is 30.7 Å². The van der Waals surface area contributed by atoms with Gasteiger partial charge in [0.2, 0.25) is 0 Å². The van der Waals surface area contributed by atoms with Gasteiger partial charge in [0.25, 0.3) is 0 Å². The van der Waals surface area contributed by atoms with Gasteiger partial charge < -0.3 is 5.11 Å². The van der Waals surface area contributed by atoms with Crippen LogP contribution in [0.15, 0.2) is 58.2 Å². The zero-order chi connectivity index (χ0) is 20.4. The Bertz CT molecular complexity index is 952. The summed E-state index contributed by atoms with van der Waals surface area (Å²) in [6, 6.07) is 0. The number of Topliss-reactive ketones (excluding diaryl/α,β-unsaturated/α-hetero) is 2. The van der Waals surface area contributed by atoms with E-state index in [4.69, 9.17) is 0 Å². The van der Waals surface area contributed by atoms with E-state index < -0.39 is 5.60 Å². The van der Waals surface area contributed by atoms with Gasteiger partial charge in [0.15, 0.2) is 0 Å². The number of rotatable bonds is 1. The average molecular weight is 391 g/mol. The van der Waals surface area contributed by atoms with E-state index in [-0.39, 0.29) is 5.41 Å². The smallest absolute Gasteiger partial charge is 0.139 e. The quantitative estimate of drug-likeness (QED) is 0.690. The first-order valence-electron chi connectivity index (χ1n) is 11.1. The topological polar surface area (TPSA) is 54.4 Å². The van der Waals surface area contributed by atoms with Crippen LogP contribution in [0.3, 0.4) is 0 Å². The molecule has 4 atom stereocenters. The number of fused-ring (bicyclic) bond motifs is 4. The number of hydrogen-bond acceptors (Lipinski definition) is 3. The molecular formula is C26H30O3. The molecule has 0 aromatic carbocycles. The zero-order valence-electron chi connectivity index (χ0n) is 17.5. The van der Waals surface area contributed by atoms with Crippen LogP contribution in [-0.4, -0.2) is 22.3 Å². The molecule has 0 bridgehead atoms. The van der Waals surface area contributed by atoms with Crippen LogP contribution in [0.1, 0.15) is 65.2 Å². The van der Waals surface area contributed by atoms with E-state index >= 15 is 0 Å². The largest absolute Gasteiger partial charge is 0.382 e. The van der Waals surface area contributed by atoms with E-state index in [1.165, 1.54) is 22.3 Å². The third-order valence-electron chi connectivity index (χ3n) is 8.10. The molecule has 0 amide bonds. The minimum Gasteiger partial charge on any atom is -0.382 e. The van der Waals surface area contributed by atoms with Crippen LogP contribution in [0, 0.1) is 17.3 Å². The lowest BCUT2D eigenvalue weighted by Gasteiger charge is -2.47. The SMILES string of the molecule is CC1(O)C=CC=C(C2=C3C4=C(CCC3C3CCC(=O)C3(C)C2)CC(=O)CC4)C=C1. The number of hydrogen-bond donors (Lipinski definition) is 1. The third kappa shape index (κ3) is 2.97. The summed E-state index contributed by atoms with van der Waals surface area (Å²) in [6.45, 7) is 3.97. The number of aliphatic hydroxyl groups is 1. The monoisotopic (exact) mass is 390 g/mol. The van der Waals surface area contributed by atoms with Crippen LogP contribution >= 0.6 is 0 Å². The molecular weight excluding hydrogens is 360 g/mol. The van der Waals surface area contributed by atoms with Crippen LogP contribution < -0.4 is 0 Å². The Morgan fingerprint density at radius 2 is 1.83 bits per heavy atom. The number of carbonyl (C=O) groups excluding carboxylic acids is 2. The molecule has 3 heteroatoms. The van der Waals surface area contributed by atoms with Gasteiger partial charge in [-0.05, 0) is 85.3 Å². The highest BCUT2D eigenvalue weighted by Crippen LogP contribution is 2.60. The van der Waals surface area contributed by atoms with Gasteiger partial charge in [-0.3, -0.25) is 9.59 Å². The zero-order valence-corrected chi connectivity index (χ0v) is 17.5. The molecule has 29 heavy (non-hydrogen) atoms. The van der Waals surface area contributed by atoms with Gasteiger partial charge in [-0.2, -0.15) is 0 Å². The normalized spacial score (nSPS) is 39.2. The van der Waals surface area contributed by atoms with Crippen molar-refractivity contribution in [2.24, 2.45) is 17.3 Å². The molecule has 152 valence electrons. The van der Waals surface area contributed by atoms with Crippen molar-refractivity contribution < 1.29 is 14.7 Å². The van der Waals surface area contributed by atoms with Gasteiger partial charge >= 0.3 is 0 Å². The maximum atomic E-state index is 13.0. The molecule has 5 aliphatic rings. The second-order valence-corrected chi connectivity index (χ2v) is 10.0. The summed E-state index contributed by atoms with van der Waals surface area (Å²) in [5.74, 6) is 1.63. The predicted molar refractivity (Wildman–Crippen MR) is 113 cm³/mol. The first-order valence-corrected chi connectivity index (χ1v) is 11.1. The highest BCUT2D eigenvalue weighted by molar-refractivity contribution is 5.89. The summed E-state index contributed by atoms with van der Waals surface area (Å²) >= 11 is 0. The Balaban J connectivity index is 1.70. The Morgan fingerprint density at radius 1 is 1.00 bits per heavy atom. The van der Waals surface area contributed by atoms with Gasteiger partial charge in [-0.25, -0.2) is 0 Å². The maximum absolute atomic E-state index is 13.0. The van der Waals surface area contributed by atoms with Crippen molar-refractivity contribution in [3.8, 4) is 0 Å². The lowest BCUT2D eigenvalue weighted by Crippen LogP contribution is -2.41. The molecule has 0 aliphatic heterocycles.